The highest BCUT2D eigenvalue weighted by atomic mass is 32.1. The van der Waals surface area contributed by atoms with Crippen molar-refractivity contribution in [3.8, 4) is 16.4 Å². The Kier molecular flexibility index (Phi) is 3.00. The van der Waals surface area contributed by atoms with Crippen LogP contribution >= 0.6 is 23.6 Å². The van der Waals surface area contributed by atoms with Crippen molar-refractivity contribution < 1.29 is 8.78 Å². The second-order valence-electron chi connectivity index (χ2n) is 3.74. The van der Waals surface area contributed by atoms with E-state index in [1.807, 2.05) is 17.5 Å². The third-order valence-electron chi connectivity index (χ3n) is 2.59. The summed E-state index contributed by atoms with van der Waals surface area (Å²) in [4.78, 5) is 0.816. The molecule has 0 bridgehead atoms. The molecule has 7 heteroatoms. The number of aromatic amines is 1. The van der Waals surface area contributed by atoms with Crippen molar-refractivity contribution in [1.82, 2.24) is 14.8 Å². The molecule has 2 aromatic heterocycles. The van der Waals surface area contributed by atoms with Gasteiger partial charge in [-0.05, 0) is 35.8 Å². The molecule has 0 fully saturated rings. The lowest BCUT2D eigenvalue weighted by Gasteiger charge is -2.07. The Morgan fingerprint density at radius 2 is 2.05 bits per heavy atom. The third-order valence-corrected chi connectivity index (χ3v) is 3.73. The second-order valence-corrected chi connectivity index (χ2v) is 5.07. The zero-order valence-electron chi connectivity index (χ0n) is 9.43. The van der Waals surface area contributed by atoms with Crippen molar-refractivity contribution in [2.45, 2.75) is 0 Å². The molecule has 3 rings (SSSR count). The zero-order valence-corrected chi connectivity index (χ0v) is 11.1. The summed E-state index contributed by atoms with van der Waals surface area (Å²) in [5, 5.41) is 8.55. The molecule has 0 aliphatic rings. The van der Waals surface area contributed by atoms with Crippen molar-refractivity contribution in [3.05, 3.63) is 52.1 Å². The molecule has 19 heavy (non-hydrogen) atoms. The molecule has 0 saturated carbocycles. The molecule has 0 aliphatic carbocycles. The molecule has 0 aliphatic heterocycles. The first kappa shape index (κ1) is 12.2. The lowest BCUT2D eigenvalue weighted by Crippen LogP contribution is -2.01. The van der Waals surface area contributed by atoms with E-state index in [2.05, 4.69) is 10.2 Å². The summed E-state index contributed by atoms with van der Waals surface area (Å²) in [5.41, 5.74) is 0.0437. The Morgan fingerprint density at radius 1 is 1.21 bits per heavy atom. The summed E-state index contributed by atoms with van der Waals surface area (Å²) in [6.07, 6.45) is 0. The number of halogens is 2. The van der Waals surface area contributed by atoms with Gasteiger partial charge in [-0.15, -0.1) is 11.3 Å². The molecule has 1 N–H and O–H groups in total. The summed E-state index contributed by atoms with van der Waals surface area (Å²) < 4.78 is 28.8. The Hall–Kier alpha value is -1.86. The van der Waals surface area contributed by atoms with Crippen LogP contribution in [0.1, 0.15) is 0 Å². The van der Waals surface area contributed by atoms with Gasteiger partial charge in [0.05, 0.1) is 10.6 Å². The number of rotatable bonds is 2. The largest absolute Gasteiger partial charge is 0.264 e. The van der Waals surface area contributed by atoms with Crippen LogP contribution in [-0.2, 0) is 0 Å². The number of hydrogen-bond acceptors (Lipinski definition) is 3. The molecule has 0 spiro atoms. The Balaban J connectivity index is 2.29. The van der Waals surface area contributed by atoms with Gasteiger partial charge in [-0.1, -0.05) is 12.1 Å². The van der Waals surface area contributed by atoms with Gasteiger partial charge >= 0.3 is 0 Å². The fourth-order valence-electron chi connectivity index (χ4n) is 1.76. The molecule has 0 unspecified atom stereocenters. The smallest absolute Gasteiger partial charge is 0.200 e. The first-order valence-electron chi connectivity index (χ1n) is 5.34. The zero-order chi connectivity index (χ0) is 13.4. The minimum absolute atomic E-state index is 0.0437. The minimum Gasteiger partial charge on any atom is -0.264 e. The molecule has 1 aromatic carbocycles. The van der Waals surface area contributed by atoms with Crippen molar-refractivity contribution in [3.63, 3.8) is 0 Å². The number of benzene rings is 1. The minimum atomic E-state index is -0.946. The second kappa shape index (κ2) is 4.67. The first-order chi connectivity index (χ1) is 9.18. The van der Waals surface area contributed by atoms with Crippen LogP contribution in [0.4, 0.5) is 8.78 Å². The molecule has 0 atom stereocenters. The Morgan fingerprint density at radius 3 is 2.79 bits per heavy atom. The Bertz CT molecular complexity index is 775. The molecule has 0 saturated heterocycles. The van der Waals surface area contributed by atoms with Gasteiger partial charge in [0.25, 0.3) is 0 Å². The van der Waals surface area contributed by atoms with E-state index in [1.165, 1.54) is 28.0 Å². The number of nitrogens with zero attached hydrogens (tertiary/aromatic N) is 2. The van der Waals surface area contributed by atoms with Gasteiger partial charge in [0.1, 0.15) is 0 Å². The average Bonchev–Trinajstić information content (AvgIpc) is 3.02. The monoisotopic (exact) mass is 295 g/mol. The standard InChI is InChI=1S/C12H7F2N3S2/c13-7-3-1-4-8(10(7)14)17-11(15-16-12(17)18)9-5-2-6-19-9/h1-6H,(H,16,18). The number of H-pyrrole nitrogens is 1. The number of aromatic nitrogens is 3. The number of hydrogen-bond donors (Lipinski definition) is 1. The van der Waals surface area contributed by atoms with E-state index in [1.54, 1.807) is 0 Å². The van der Waals surface area contributed by atoms with Gasteiger partial charge in [-0.3, -0.25) is 9.67 Å². The van der Waals surface area contributed by atoms with E-state index in [9.17, 15) is 8.78 Å². The molecule has 0 amide bonds. The van der Waals surface area contributed by atoms with E-state index < -0.39 is 11.6 Å². The fraction of sp³-hybridized carbons (Fsp3) is 0. The first-order valence-corrected chi connectivity index (χ1v) is 6.63. The Labute approximate surface area is 116 Å². The topological polar surface area (TPSA) is 33.6 Å². The number of nitrogens with one attached hydrogen (secondary N) is 1. The van der Waals surface area contributed by atoms with E-state index >= 15 is 0 Å². The SMILES string of the molecule is Fc1cccc(-n2c(-c3cccs3)n[nH]c2=S)c1F. The lowest BCUT2D eigenvalue weighted by atomic mass is 10.3. The maximum Gasteiger partial charge on any atom is 0.200 e. The highest BCUT2D eigenvalue weighted by Gasteiger charge is 2.16. The van der Waals surface area contributed by atoms with Crippen molar-refractivity contribution in [2.75, 3.05) is 0 Å². The quantitative estimate of drug-likeness (QED) is 0.727. The van der Waals surface area contributed by atoms with Crippen LogP contribution in [0.3, 0.4) is 0 Å². The predicted molar refractivity (Wildman–Crippen MR) is 72.0 cm³/mol. The summed E-state index contributed by atoms with van der Waals surface area (Å²) in [6.45, 7) is 0. The van der Waals surface area contributed by atoms with Crippen molar-refractivity contribution >= 4 is 23.6 Å². The normalized spacial score (nSPS) is 10.8. The molecule has 96 valence electrons. The average molecular weight is 295 g/mol. The molecule has 3 nitrogen and oxygen atoms in total. The van der Waals surface area contributed by atoms with E-state index in [-0.39, 0.29) is 10.5 Å². The van der Waals surface area contributed by atoms with Crippen LogP contribution in [0.2, 0.25) is 0 Å². The maximum absolute atomic E-state index is 13.9. The molecule has 0 radical (unpaired) electrons. The van der Waals surface area contributed by atoms with Crippen LogP contribution in [0.15, 0.2) is 35.7 Å². The summed E-state index contributed by atoms with van der Waals surface area (Å²) >= 11 is 6.53. The van der Waals surface area contributed by atoms with Gasteiger partial charge in [0.15, 0.2) is 22.2 Å². The van der Waals surface area contributed by atoms with Crippen LogP contribution < -0.4 is 0 Å². The van der Waals surface area contributed by atoms with Crippen molar-refractivity contribution in [1.29, 1.82) is 0 Å². The van der Waals surface area contributed by atoms with Gasteiger partial charge in [-0.2, -0.15) is 5.10 Å². The highest BCUT2D eigenvalue weighted by Crippen LogP contribution is 2.27. The molecule has 3 aromatic rings. The molecule has 2 heterocycles. The van der Waals surface area contributed by atoms with Crippen LogP contribution in [0.5, 0.6) is 0 Å². The summed E-state index contributed by atoms with van der Waals surface area (Å²) in [7, 11) is 0. The maximum atomic E-state index is 13.9. The third kappa shape index (κ3) is 2.00. The highest BCUT2D eigenvalue weighted by molar-refractivity contribution is 7.71. The fourth-order valence-corrected chi connectivity index (χ4v) is 2.69. The van der Waals surface area contributed by atoms with E-state index in [0.29, 0.717) is 5.82 Å². The van der Waals surface area contributed by atoms with Crippen molar-refractivity contribution in [2.24, 2.45) is 0 Å². The predicted octanol–water partition coefficient (Wildman–Crippen LogP) is 3.94. The van der Waals surface area contributed by atoms with Crippen LogP contribution in [0, 0.1) is 16.4 Å². The van der Waals surface area contributed by atoms with E-state index in [4.69, 9.17) is 12.2 Å². The van der Waals surface area contributed by atoms with E-state index in [0.717, 1.165) is 10.9 Å². The number of thiophene rings is 1. The van der Waals surface area contributed by atoms with Gasteiger partial charge in [0.2, 0.25) is 0 Å². The lowest BCUT2D eigenvalue weighted by molar-refractivity contribution is 0.504. The van der Waals surface area contributed by atoms with Gasteiger partial charge in [0, 0.05) is 0 Å². The molecular weight excluding hydrogens is 288 g/mol. The van der Waals surface area contributed by atoms with Crippen LogP contribution in [-0.4, -0.2) is 14.8 Å². The van der Waals surface area contributed by atoms with Gasteiger partial charge in [-0.25, -0.2) is 8.78 Å². The van der Waals surface area contributed by atoms with Crippen LogP contribution in [0.25, 0.3) is 16.4 Å². The summed E-state index contributed by atoms with van der Waals surface area (Å²) in [5.74, 6) is -1.40. The van der Waals surface area contributed by atoms with Gasteiger partial charge < -0.3 is 0 Å². The summed E-state index contributed by atoms with van der Waals surface area (Å²) in [6, 6.07) is 7.64. The molecular formula is C12H7F2N3S2.